The highest BCUT2D eigenvalue weighted by molar-refractivity contribution is 6.24. The first-order chi connectivity index (χ1) is 18.0. The molecule has 0 bridgehead atoms. The number of benzene rings is 3. The lowest BCUT2D eigenvalue weighted by Crippen LogP contribution is -2.53. The maximum absolute atomic E-state index is 14.2. The van der Waals surface area contributed by atoms with Gasteiger partial charge in [-0.3, -0.25) is 14.9 Å². The molecule has 4 unspecified atom stereocenters. The number of amides is 2. The Bertz CT molecular complexity index is 1390. The van der Waals surface area contributed by atoms with Crippen molar-refractivity contribution in [3.05, 3.63) is 83.9 Å². The second kappa shape index (κ2) is 8.63. The number of phenolic OH excluding ortho intramolecular Hbond substituents is 1. The average molecular weight is 501 g/mol. The van der Waals surface area contributed by atoms with Crippen LogP contribution in [0.3, 0.4) is 0 Å². The van der Waals surface area contributed by atoms with Crippen molar-refractivity contribution in [2.24, 2.45) is 11.8 Å². The summed E-state index contributed by atoms with van der Waals surface area (Å²) in [6.07, 6.45) is 0. The fourth-order valence-electron chi connectivity index (χ4n) is 5.73. The van der Waals surface area contributed by atoms with Gasteiger partial charge in [-0.2, -0.15) is 0 Å². The average Bonchev–Trinajstić information content (AvgIpc) is 3.43. The molecule has 6 rings (SSSR count). The van der Waals surface area contributed by atoms with Crippen LogP contribution < -0.4 is 19.7 Å². The molecule has 188 valence electrons. The Morgan fingerprint density at radius 1 is 0.973 bits per heavy atom. The van der Waals surface area contributed by atoms with Gasteiger partial charge in [-0.05, 0) is 35.4 Å². The minimum absolute atomic E-state index is 0.0623. The molecule has 0 spiro atoms. The van der Waals surface area contributed by atoms with Crippen molar-refractivity contribution in [3.63, 3.8) is 0 Å². The molecule has 2 amide bonds. The third kappa shape index (κ3) is 3.38. The lowest BCUT2D eigenvalue weighted by Gasteiger charge is -2.33. The molecule has 4 atom stereocenters. The molecule has 9 heteroatoms. The van der Waals surface area contributed by atoms with E-state index in [0.29, 0.717) is 41.5 Å². The maximum atomic E-state index is 14.2. The molecule has 2 saturated heterocycles. The van der Waals surface area contributed by atoms with Gasteiger partial charge in [0.15, 0.2) is 17.0 Å². The summed E-state index contributed by atoms with van der Waals surface area (Å²) >= 11 is 0. The summed E-state index contributed by atoms with van der Waals surface area (Å²) < 4.78 is 16.5. The van der Waals surface area contributed by atoms with Crippen LogP contribution in [0.15, 0.2) is 72.8 Å². The second-order valence-corrected chi connectivity index (χ2v) is 9.22. The van der Waals surface area contributed by atoms with Crippen LogP contribution in [-0.4, -0.2) is 43.2 Å². The number of carbonyl (C=O) groups excluding carboxylic acids is 3. The van der Waals surface area contributed by atoms with Crippen LogP contribution in [0.1, 0.15) is 17.2 Å². The zero-order valence-corrected chi connectivity index (χ0v) is 19.9. The molecule has 0 saturated carbocycles. The Kier molecular flexibility index (Phi) is 5.38. The van der Waals surface area contributed by atoms with Crippen LogP contribution in [0.2, 0.25) is 0 Å². The fourth-order valence-corrected chi connectivity index (χ4v) is 5.73. The van der Waals surface area contributed by atoms with Crippen LogP contribution in [0, 0.1) is 11.8 Å². The summed E-state index contributed by atoms with van der Waals surface area (Å²) in [6.45, 7) is 0.771. The van der Waals surface area contributed by atoms with E-state index in [1.54, 1.807) is 54.6 Å². The molecule has 0 aromatic heterocycles. The van der Waals surface area contributed by atoms with E-state index in [2.05, 4.69) is 5.32 Å². The number of carbonyl (C=O) groups is 3. The van der Waals surface area contributed by atoms with E-state index in [9.17, 15) is 19.5 Å². The smallest absolute Gasteiger partial charge is 0.331 e. The van der Waals surface area contributed by atoms with Gasteiger partial charge in [0, 0.05) is 12.1 Å². The van der Waals surface area contributed by atoms with Crippen molar-refractivity contribution in [1.29, 1.82) is 0 Å². The number of hydrogen-bond acceptors (Lipinski definition) is 8. The van der Waals surface area contributed by atoms with E-state index in [-0.39, 0.29) is 5.75 Å². The monoisotopic (exact) mass is 500 g/mol. The van der Waals surface area contributed by atoms with Crippen molar-refractivity contribution in [2.45, 2.75) is 11.6 Å². The van der Waals surface area contributed by atoms with E-state index in [1.165, 1.54) is 19.2 Å². The summed E-state index contributed by atoms with van der Waals surface area (Å²) in [5.41, 5.74) is -0.105. The minimum Gasteiger partial charge on any atom is -0.508 e. The molecule has 3 heterocycles. The molecule has 3 aromatic carbocycles. The first-order valence-corrected chi connectivity index (χ1v) is 11.9. The molecule has 0 aliphatic carbocycles. The van der Waals surface area contributed by atoms with Crippen LogP contribution in [-0.2, 0) is 24.7 Å². The van der Waals surface area contributed by atoms with E-state index < -0.39 is 41.2 Å². The van der Waals surface area contributed by atoms with Gasteiger partial charge >= 0.3 is 5.97 Å². The number of fused-ring (bicyclic) bond motifs is 2. The number of imide groups is 1. The first-order valence-electron chi connectivity index (χ1n) is 11.9. The van der Waals surface area contributed by atoms with Crippen molar-refractivity contribution < 1.29 is 33.7 Å². The summed E-state index contributed by atoms with van der Waals surface area (Å²) in [7, 11) is 1.26. The van der Waals surface area contributed by atoms with Crippen molar-refractivity contribution >= 4 is 23.5 Å². The number of rotatable bonds is 4. The van der Waals surface area contributed by atoms with Crippen LogP contribution in [0.5, 0.6) is 17.2 Å². The van der Waals surface area contributed by atoms with Crippen molar-refractivity contribution in [2.75, 3.05) is 25.2 Å². The van der Waals surface area contributed by atoms with Gasteiger partial charge in [0.25, 0.3) is 0 Å². The SMILES string of the molecule is COC(=O)C1(c2ccccc2)NC(c2ccc(O)cc2)C2C(=O)N(c3ccc4c(c3)OCCO4)C(=O)C21. The minimum atomic E-state index is -1.61. The normalized spacial score (nSPS) is 26.2. The topological polar surface area (TPSA) is 114 Å². The molecule has 3 aliphatic rings. The summed E-state index contributed by atoms with van der Waals surface area (Å²) in [4.78, 5) is 42.9. The Labute approximate surface area is 212 Å². The number of aromatic hydroxyl groups is 1. The second-order valence-electron chi connectivity index (χ2n) is 9.22. The molecule has 37 heavy (non-hydrogen) atoms. The summed E-state index contributed by atoms with van der Waals surface area (Å²) in [5.74, 6) is -2.59. The number of hydrogen-bond donors (Lipinski definition) is 2. The van der Waals surface area contributed by atoms with Gasteiger partial charge in [-0.15, -0.1) is 0 Å². The first kappa shape index (κ1) is 23.1. The molecule has 2 fully saturated rings. The van der Waals surface area contributed by atoms with Crippen molar-refractivity contribution in [1.82, 2.24) is 5.32 Å². The van der Waals surface area contributed by atoms with Gasteiger partial charge in [0.05, 0.1) is 24.6 Å². The van der Waals surface area contributed by atoms with E-state index in [0.717, 1.165) is 4.90 Å². The van der Waals surface area contributed by atoms with E-state index in [4.69, 9.17) is 14.2 Å². The van der Waals surface area contributed by atoms with Gasteiger partial charge in [-0.1, -0.05) is 42.5 Å². The number of methoxy groups -OCH3 is 1. The van der Waals surface area contributed by atoms with Gasteiger partial charge in [0.1, 0.15) is 19.0 Å². The third-order valence-electron chi connectivity index (χ3n) is 7.33. The standard InChI is InChI=1S/C28H24N2O7/c1-35-27(34)28(17-5-3-2-4-6-17)23-22(24(29-28)16-7-10-19(31)11-8-16)25(32)30(26(23)33)18-9-12-20-21(15-18)37-14-13-36-20/h2-12,15,22-24,29,31H,13-14H2,1H3. The number of nitrogens with one attached hydrogen (secondary N) is 1. The highest BCUT2D eigenvalue weighted by Crippen LogP contribution is 2.54. The molecule has 3 aliphatic heterocycles. The molecule has 9 nitrogen and oxygen atoms in total. The molecule has 2 N–H and O–H groups in total. The number of ether oxygens (including phenoxy) is 3. The largest absolute Gasteiger partial charge is 0.508 e. The number of anilines is 1. The predicted octanol–water partition coefficient (Wildman–Crippen LogP) is 2.68. The summed E-state index contributed by atoms with van der Waals surface area (Å²) in [5, 5.41) is 13.2. The number of phenols is 1. The molecular weight excluding hydrogens is 476 g/mol. The van der Waals surface area contributed by atoms with Gasteiger partial charge in [-0.25, -0.2) is 9.69 Å². The fraction of sp³-hybridized carbons (Fsp3) is 0.250. The van der Waals surface area contributed by atoms with E-state index >= 15 is 0 Å². The predicted molar refractivity (Wildman–Crippen MR) is 131 cm³/mol. The Balaban J connectivity index is 1.52. The molecule has 0 radical (unpaired) electrons. The third-order valence-corrected chi connectivity index (χ3v) is 7.33. The zero-order valence-electron chi connectivity index (χ0n) is 19.9. The van der Waals surface area contributed by atoms with Gasteiger partial charge in [0.2, 0.25) is 11.8 Å². The Morgan fingerprint density at radius 2 is 1.68 bits per heavy atom. The van der Waals surface area contributed by atoms with Gasteiger partial charge < -0.3 is 19.3 Å². The molecule has 3 aromatic rings. The van der Waals surface area contributed by atoms with E-state index in [1.807, 2.05) is 6.07 Å². The number of nitrogens with zero attached hydrogens (tertiary/aromatic N) is 1. The zero-order chi connectivity index (χ0) is 25.7. The maximum Gasteiger partial charge on any atom is 0.331 e. The Morgan fingerprint density at radius 3 is 2.38 bits per heavy atom. The Hall–Kier alpha value is -4.37. The van der Waals surface area contributed by atoms with Crippen LogP contribution in [0.25, 0.3) is 0 Å². The lowest BCUT2D eigenvalue weighted by molar-refractivity contribution is -0.152. The van der Waals surface area contributed by atoms with Crippen molar-refractivity contribution in [3.8, 4) is 17.2 Å². The highest BCUT2D eigenvalue weighted by Gasteiger charge is 2.69. The quantitative estimate of drug-likeness (QED) is 0.415. The van der Waals surface area contributed by atoms with Crippen LogP contribution in [0.4, 0.5) is 5.69 Å². The highest BCUT2D eigenvalue weighted by atomic mass is 16.6. The number of esters is 1. The summed E-state index contributed by atoms with van der Waals surface area (Å²) in [6, 6.07) is 19.4. The lowest BCUT2D eigenvalue weighted by atomic mass is 9.75. The van der Waals surface area contributed by atoms with Crippen LogP contribution >= 0.6 is 0 Å². The molecular formula is C28H24N2O7.